The van der Waals surface area contributed by atoms with Crippen LogP contribution in [0.1, 0.15) is 33.6 Å². The van der Waals surface area contributed by atoms with Gasteiger partial charge in [0.2, 0.25) is 0 Å². The van der Waals surface area contributed by atoms with E-state index in [1.165, 1.54) is 12.8 Å². The van der Waals surface area contributed by atoms with Gasteiger partial charge in [0.1, 0.15) is 0 Å². The van der Waals surface area contributed by atoms with Crippen LogP contribution in [0.4, 0.5) is 0 Å². The molecule has 1 fully saturated rings. The molecule has 0 N–H and O–H groups in total. The minimum Gasteiger partial charge on any atom is -0.0744 e. The molecule has 56 valence electrons. The zero-order chi connectivity index (χ0) is 7.72. The fourth-order valence-corrected chi connectivity index (χ4v) is 2.05. The maximum atomic E-state index is 5.96. The first-order chi connectivity index (χ1) is 4.61. The molecule has 0 spiro atoms. The maximum absolute atomic E-state index is 5.96. The highest BCUT2D eigenvalue weighted by atomic mass is 14.3. The van der Waals surface area contributed by atoms with Gasteiger partial charge in [-0.15, -0.1) is 0 Å². The third kappa shape index (κ3) is 1.56. The molecule has 3 unspecified atom stereocenters. The predicted octanol–water partition coefficient (Wildman–Crippen LogP) is 2.65. The predicted molar refractivity (Wildman–Crippen MR) is 46.2 cm³/mol. The Labute approximate surface area is 65.8 Å². The van der Waals surface area contributed by atoms with Crippen LogP contribution < -0.4 is 0 Å². The zero-order valence-corrected chi connectivity index (χ0v) is 7.30. The van der Waals surface area contributed by atoms with Gasteiger partial charge >= 0.3 is 0 Å². The second-order valence-corrected chi connectivity index (χ2v) is 4.08. The SMILES string of the molecule is [B]C1CC(C)C[C@H](C)C1C. The van der Waals surface area contributed by atoms with Crippen LogP contribution in [0.2, 0.25) is 5.82 Å². The summed E-state index contributed by atoms with van der Waals surface area (Å²) in [6, 6.07) is 0. The minimum absolute atomic E-state index is 0.457. The van der Waals surface area contributed by atoms with Crippen LogP contribution in [0, 0.1) is 17.8 Å². The second kappa shape index (κ2) is 2.98. The quantitative estimate of drug-likeness (QED) is 0.449. The normalized spacial score (nSPS) is 49.1. The van der Waals surface area contributed by atoms with Crippen LogP contribution >= 0.6 is 0 Å². The van der Waals surface area contributed by atoms with E-state index >= 15 is 0 Å². The van der Waals surface area contributed by atoms with Gasteiger partial charge in [0.05, 0.1) is 7.85 Å². The molecule has 1 aliphatic carbocycles. The van der Waals surface area contributed by atoms with Crippen molar-refractivity contribution < 1.29 is 0 Å². The van der Waals surface area contributed by atoms with Gasteiger partial charge < -0.3 is 0 Å². The lowest BCUT2D eigenvalue weighted by Crippen LogP contribution is -2.24. The fraction of sp³-hybridized carbons (Fsp3) is 1.00. The van der Waals surface area contributed by atoms with E-state index in [2.05, 4.69) is 20.8 Å². The van der Waals surface area contributed by atoms with E-state index < -0.39 is 0 Å². The fourth-order valence-electron chi connectivity index (χ4n) is 2.05. The molecule has 2 radical (unpaired) electrons. The van der Waals surface area contributed by atoms with Crippen molar-refractivity contribution in [3.8, 4) is 0 Å². The molecule has 0 amide bonds. The average Bonchev–Trinajstić information content (AvgIpc) is 1.82. The van der Waals surface area contributed by atoms with Crippen molar-refractivity contribution in [2.75, 3.05) is 0 Å². The van der Waals surface area contributed by atoms with Crippen LogP contribution in [-0.4, -0.2) is 7.85 Å². The minimum atomic E-state index is 0.457. The van der Waals surface area contributed by atoms with Gasteiger partial charge in [-0.3, -0.25) is 0 Å². The van der Waals surface area contributed by atoms with Gasteiger partial charge in [-0.2, -0.15) is 0 Å². The molecule has 0 saturated heterocycles. The van der Waals surface area contributed by atoms with Crippen LogP contribution in [0.3, 0.4) is 0 Å². The summed E-state index contributed by atoms with van der Waals surface area (Å²) < 4.78 is 0. The molecule has 0 bridgehead atoms. The van der Waals surface area contributed by atoms with Crippen LogP contribution in [0.15, 0.2) is 0 Å². The summed E-state index contributed by atoms with van der Waals surface area (Å²) in [5.41, 5.74) is 0. The van der Waals surface area contributed by atoms with E-state index in [-0.39, 0.29) is 0 Å². The standard InChI is InChI=1S/C9H17B/c1-6-4-7(2)8(3)9(10)5-6/h6-9H,4-5H2,1-3H3/t6?,7-,8?,9?/m0/s1. The summed E-state index contributed by atoms with van der Waals surface area (Å²) in [4.78, 5) is 0. The second-order valence-electron chi connectivity index (χ2n) is 4.08. The van der Waals surface area contributed by atoms with Gasteiger partial charge in [0.25, 0.3) is 0 Å². The van der Waals surface area contributed by atoms with E-state index in [9.17, 15) is 0 Å². The van der Waals surface area contributed by atoms with E-state index in [0.717, 1.165) is 17.8 Å². The van der Waals surface area contributed by atoms with Crippen molar-refractivity contribution in [2.24, 2.45) is 17.8 Å². The molecule has 1 saturated carbocycles. The molecular formula is C9H17B. The summed E-state index contributed by atoms with van der Waals surface area (Å²) in [6.07, 6.45) is 2.60. The maximum Gasteiger partial charge on any atom is 0.0703 e. The topological polar surface area (TPSA) is 0 Å². The van der Waals surface area contributed by atoms with E-state index in [4.69, 9.17) is 7.85 Å². The molecule has 0 nitrogen and oxygen atoms in total. The van der Waals surface area contributed by atoms with Crippen LogP contribution in [0.5, 0.6) is 0 Å². The van der Waals surface area contributed by atoms with Gasteiger partial charge in [0.15, 0.2) is 0 Å². The largest absolute Gasteiger partial charge is 0.0744 e. The van der Waals surface area contributed by atoms with Gasteiger partial charge in [-0.05, 0) is 24.2 Å². The lowest BCUT2D eigenvalue weighted by molar-refractivity contribution is 0.221. The van der Waals surface area contributed by atoms with Crippen LogP contribution in [0.25, 0.3) is 0 Å². The highest BCUT2D eigenvalue weighted by molar-refractivity contribution is 6.11. The van der Waals surface area contributed by atoms with Crippen molar-refractivity contribution in [1.29, 1.82) is 0 Å². The Morgan fingerprint density at radius 1 is 1.10 bits per heavy atom. The molecule has 0 heterocycles. The molecular weight excluding hydrogens is 119 g/mol. The third-order valence-corrected chi connectivity index (χ3v) is 3.02. The first-order valence-corrected chi connectivity index (χ1v) is 4.37. The third-order valence-electron chi connectivity index (χ3n) is 3.02. The summed E-state index contributed by atoms with van der Waals surface area (Å²) in [7, 11) is 5.96. The van der Waals surface area contributed by atoms with E-state index in [1.54, 1.807) is 0 Å². The summed E-state index contributed by atoms with van der Waals surface area (Å²) in [5.74, 6) is 2.87. The molecule has 0 aliphatic heterocycles. The number of rotatable bonds is 0. The molecule has 1 aliphatic rings. The smallest absolute Gasteiger partial charge is 0.0703 e. The van der Waals surface area contributed by atoms with Crippen LogP contribution in [-0.2, 0) is 0 Å². The lowest BCUT2D eigenvalue weighted by Gasteiger charge is -2.36. The Balaban J connectivity index is 2.49. The highest BCUT2D eigenvalue weighted by Crippen LogP contribution is 2.39. The zero-order valence-electron chi connectivity index (χ0n) is 7.30. The first-order valence-electron chi connectivity index (χ1n) is 4.37. The van der Waals surface area contributed by atoms with E-state index in [1.807, 2.05) is 0 Å². The Hall–Kier alpha value is 0.0649. The molecule has 0 aromatic heterocycles. The van der Waals surface area contributed by atoms with Crippen molar-refractivity contribution in [3.63, 3.8) is 0 Å². The highest BCUT2D eigenvalue weighted by Gasteiger charge is 2.26. The van der Waals surface area contributed by atoms with Gasteiger partial charge in [0, 0.05) is 0 Å². The number of hydrogen-bond donors (Lipinski definition) is 0. The Morgan fingerprint density at radius 3 is 2.20 bits per heavy atom. The number of hydrogen-bond acceptors (Lipinski definition) is 0. The van der Waals surface area contributed by atoms with Crippen molar-refractivity contribution >= 4 is 7.85 Å². The van der Waals surface area contributed by atoms with Gasteiger partial charge in [-0.1, -0.05) is 33.0 Å². The Bertz CT molecular complexity index is 99.3. The molecule has 0 aromatic rings. The van der Waals surface area contributed by atoms with E-state index in [0.29, 0.717) is 5.82 Å². The molecule has 0 aromatic carbocycles. The summed E-state index contributed by atoms with van der Waals surface area (Å²) in [6.45, 7) is 6.91. The summed E-state index contributed by atoms with van der Waals surface area (Å²) >= 11 is 0. The Morgan fingerprint density at radius 2 is 1.70 bits per heavy atom. The van der Waals surface area contributed by atoms with Crippen molar-refractivity contribution in [2.45, 2.75) is 39.4 Å². The first kappa shape index (κ1) is 8.16. The van der Waals surface area contributed by atoms with Gasteiger partial charge in [-0.25, -0.2) is 0 Å². The molecule has 1 rings (SSSR count). The molecule has 4 atom stereocenters. The van der Waals surface area contributed by atoms with Crippen molar-refractivity contribution in [1.82, 2.24) is 0 Å². The molecule has 10 heavy (non-hydrogen) atoms. The lowest BCUT2D eigenvalue weighted by atomic mass is 9.62. The van der Waals surface area contributed by atoms with Crippen molar-refractivity contribution in [3.05, 3.63) is 0 Å². The Kier molecular flexibility index (Phi) is 2.43. The monoisotopic (exact) mass is 136 g/mol. The summed E-state index contributed by atoms with van der Waals surface area (Å²) in [5, 5.41) is 0. The molecule has 1 heteroatoms. The average molecular weight is 136 g/mol.